The third-order valence-electron chi connectivity index (χ3n) is 10.0. The average Bonchev–Trinajstić information content (AvgIpc) is 3.53. The van der Waals surface area contributed by atoms with Gasteiger partial charge in [-0.2, -0.15) is 0 Å². The highest BCUT2D eigenvalue weighted by Crippen LogP contribution is 2.41. The minimum atomic E-state index is 0.00762. The maximum Gasteiger partial charge on any atom is 0.0433 e. The van der Waals surface area contributed by atoms with Crippen molar-refractivity contribution in [2.45, 2.75) is 26.2 Å². The predicted octanol–water partition coefficient (Wildman–Crippen LogP) is 14.3. The molecule has 0 atom stereocenters. The minimum absolute atomic E-state index is 0.00762. The van der Waals surface area contributed by atoms with E-state index in [0.29, 0.717) is 0 Å². The third kappa shape index (κ3) is 5.23. The summed E-state index contributed by atoms with van der Waals surface area (Å²) in [5, 5.41) is 7.82. The van der Waals surface area contributed by atoms with Crippen molar-refractivity contribution >= 4 is 53.1 Å². The van der Waals surface area contributed by atoms with Crippen LogP contribution in [0.2, 0.25) is 0 Å². The molecule has 1 aromatic heterocycles. The van der Waals surface area contributed by atoms with E-state index in [4.69, 9.17) is 0 Å². The van der Waals surface area contributed by atoms with Crippen LogP contribution < -0.4 is 0 Å². The molecule has 0 N–H and O–H groups in total. The van der Waals surface area contributed by atoms with Crippen LogP contribution in [0.3, 0.4) is 0 Å². The zero-order chi connectivity index (χ0) is 33.1. The Bertz CT molecular complexity index is 2680. The smallest absolute Gasteiger partial charge is 0.0433 e. The van der Waals surface area contributed by atoms with Gasteiger partial charge in [-0.25, -0.2) is 0 Å². The van der Waals surface area contributed by atoms with Gasteiger partial charge in [0.1, 0.15) is 0 Å². The van der Waals surface area contributed by atoms with E-state index in [2.05, 4.69) is 185 Å². The molecule has 0 aliphatic heterocycles. The summed E-state index contributed by atoms with van der Waals surface area (Å²) in [7, 11) is 0. The molecule has 0 unspecified atom stereocenters. The molecule has 1 heteroatoms. The monoisotopic (exact) mass is 644 g/mol. The van der Waals surface area contributed by atoms with Crippen molar-refractivity contribution in [1.29, 1.82) is 0 Å². The van der Waals surface area contributed by atoms with E-state index in [1.165, 1.54) is 91.8 Å². The average molecular weight is 645 g/mol. The molecule has 0 aliphatic carbocycles. The van der Waals surface area contributed by atoms with Gasteiger partial charge in [-0.1, -0.05) is 160 Å². The second-order valence-corrected chi connectivity index (χ2v) is 15.2. The Hall–Kier alpha value is -5.50. The molecule has 0 nitrogen and oxygen atoms in total. The molecule has 0 saturated heterocycles. The van der Waals surface area contributed by atoms with E-state index in [9.17, 15) is 0 Å². The van der Waals surface area contributed by atoms with Crippen molar-refractivity contribution in [2.24, 2.45) is 0 Å². The molecule has 0 amide bonds. The first kappa shape index (κ1) is 29.6. The fourth-order valence-electron chi connectivity index (χ4n) is 7.37. The molecular formula is C48H36S. The largest absolute Gasteiger partial charge is 0.135 e. The highest BCUT2D eigenvalue weighted by Gasteiger charge is 2.18. The van der Waals surface area contributed by atoms with Crippen molar-refractivity contribution < 1.29 is 0 Å². The normalized spacial score (nSPS) is 12.0. The van der Waals surface area contributed by atoms with Crippen LogP contribution in [0.1, 0.15) is 26.3 Å². The zero-order valence-electron chi connectivity index (χ0n) is 28.0. The van der Waals surface area contributed by atoms with Crippen LogP contribution in [0.4, 0.5) is 0 Å². The Balaban J connectivity index is 1.14. The molecule has 0 aliphatic rings. The quantitative estimate of drug-likeness (QED) is 0.167. The summed E-state index contributed by atoms with van der Waals surface area (Å²) in [6, 6.07) is 60.7. The first-order valence-corrected chi connectivity index (χ1v) is 17.9. The highest BCUT2D eigenvalue weighted by molar-refractivity contribution is 7.26. The van der Waals surface area contributed by atoms with Gasteiger partial charge < -0.3 is 0 Å². The van der Waals surface area contributed by atoms with E-state index in [1.807, 2.05) is 11.3 Å². The van der Waals surface area contributed by atoms with E-state index in [0.717, 1.165) is 0 Å². The number of hydrogen-bond donors (Lipinski definition) is 0. The molecule has 0 fully saturated rings. The van der Waals surface area contributed by atoms with Gasteiger partial charge in [0.25, 0.3) is 0 Å². The van der Waals surface area contributed by atoms with Gasteiger partial charge in [-0.05, 0) is 101 Å². The molecule has 0 bridgehead atoms. The Labute approximate surface area is 291 Å². The lowest BCUT2D eigenvalue weighted by atomic mass is 9.83. The number of rotatable bonds is 4. The number of fused-ring (bicyclic) bond motifs is 6. The van der Waals surface area contributed by atoms with Gasteiger partial charge in [-0.3, -0.25) is 0 Å². The van der Waals surface area contributed by atoms with Crippen LogP contribution in [-0.4, -0.2) is 0 Å². The van der Waals surface area contributed by atoms with Gasteiger partial charge in [0.05, 0.1) is 0 Å². The first-order chi connectivity index (χ1) is 23.9. The van der Waals surface area contributed by atoms with Crippen molar-refractivity contribution in [1.82, 2.24) is 0 Å². The lowest BCUT2D eigenvalue weighted by Gasteiger charge is -2.22. The minimum Gasteiger partial charge on any atom is -0.135 e. The summed E-state index contributed by atoms with van der Waals surface area (Å²) in [6.45, 7) is 6.92. The summed E-state index contributed by atoms with van der Waals surface area (Å²) in [6.07, 6.45) is 0. The highest BCUT2D eigenvalue weighted by atomic mass is 32.1. The van der Waals surface area contributed by atoms with Gasteiger partial charge in [-0.15, -0.1) is 11.3 Å². The summed E-state index contributed by atoms with van der Waals surface area (Å²) in [5.41, 5.74) is 11.4. The molecule has 8 aromatic carbocycles. The summed E-state index contributed by atoms with van der Waals surface area (Å²) in [5.74, 6) is 0. The lowest BCUT2D eigenvalue weighted by molar-refractivity contribution is 0.590. The number of benzene rings is 8. The van der Waals surface area contributed by atoms with Crippen molar-refractivity contribution in [3.8, 4) is 44.5 Å². The van der Waals surface area contributed by atoms with Crippen LogP contribution in [0.15, 0.2) is 164 Å². The fraction of sp³-hybridized carbons (Fsp3) is 0.0833. The summed E-state index contributed by atoms with van der Waals surface area (Å²) >= 11 is 1.89. The predicted molar refractivity (Wildman–Crippen MR) is 215 cm³/mol. The molecule has 9 rings (SSSR count). The molecule has 0 saturated carbocycles. The lowest BCUT2D eigenvalue weighted by Crippen LogP contribution is -2.11. The van der Waals surface area contributed by atoms with E-state index >= 15 is 0 Å². The molecule has 1 heterocycles. The van der Waals surface area contributed by atoms with E-state index in [-0.39, 0.29) is 5.41 Å². The molecule has 0 spiro atoms. The summed E-state index contributed by atoms with van der Waals surface area (Å²) < 4.78 is 2.69. The molecule has 9 aromatic rings. The maximum absolute atomic E-state index is 2.39. The second kappa shape index (κ2) is 11.6. The Kier molecular flexibility index (Phi) is 7.00. The first-order valence-electron chi connectivity index (χ1n) is 17.1. The van der Waals surface area contributed by atoms with E-state index in [1.54, 1.807) is 0 Å². The van der Waals surface area contributed by atoms with Crippen molar-refractivity contribution in [3.63, 3.8) is 0 Å². The Morgan fingerprint density at radius 2 is 0.959 bits per heavy atom. The van der Waals surface area contributed by atoms with Crippen LogP contribution in [0.25, 0.3) is 86.2 Å². The maximum atomic E-state index is 2.39. The van der Waals surface area contributed by atoms with Crippen molar-refractivity contribution in [3.05, 3.63) is 169 Å². The second-order valence-electron chi connectivity index (χ2n) is 14.2. The number of hydrogen-bond acceptors (Lipinski definition) is 1. The standard InChI is InChI=1S/C48H36S/c1-48(2,3)38-28-36(31-22-24-32(25-23-31)40-19-11-20-44-43-18-8-9-21-46(43)49-47(40)44)27-37(29-38)33-13-10-14-34(26-33)45-30-35-12-4-5-15-39(35)41-16-6-7-17-42(41)45/h4-30H,1-3H3. The van der Waals surface area contributed by atoms with Gasteiger partial charge >= 0.3 is 0 Å². The molecule has 49 heavy (non-hydrogen) atoms. The fourth-order valence-corrected chi connectivity index (χ4v) is 8.61. The van der Waals surface area contributed by atoms with Crippen molar-refractivity contribution in [2.75, 3.05) is 0 Å². The number of thiophene rings is 1. The summed E-state index contributed by atoms with van der Waals surface area (Å²) in [4.78, 5) is 0. The van der Waals surface area contributed by atoms with Crippen LogP contribution >= 0.6 is 11.3 Å². The molecule has 0 radical (unpaired) electrons. The van der Waals surface area contributed by atoms with Gasteiger partial charge in [0.2, 0.25) is 0 Å². The Morgan fingerprint density at radius 3 is 1.76 bits per heavy atom. The Morgan fingerprint density at radius 1 is 0.367 bits per heavy atom. The molecular weight excluding hydrogens is 609 g/mol. The third-order valence-corrected chi connectivity index (χ3v) is 11.2. The van der Waals surface area contributed by atoms with Crippen LogP contribution in [0.5, 0.6) is 0 Å². The van der Waals surface area contributed by atoms with Crippen LogP contribution in [0, 0.1) is 0 Å². The van der Waals surface area contributed by atoms with Gasteiger partial charge in [0.15, 0.2) is 0 Å². The van der Waals surface area contributed by atoms with Gasteiger partial charge in [0, 0.05) is 20.2 Å². The molecule has 234 valence electrons. The van der Waals surface area contributed by atoms with Crippen LogP contribution in [-0.2, 0) is 5.41 Å². The zero-order valence-corrected chi connectivity index (χ0v) is 28.8. The SMILES string of the molecule is CC(C)(C)c1cc(-c2ccc(-c3cccc4c3sc3ccccc34)cc2)cc(-c2cccc(-c3cc4ccccc4c4ccccc34)c2)c1. The van der Waals surface area contributed by atoms with E-state index < -0.39 is 0 Å². The topological polar surface area (TPSA) is 0 Å².